The predicted octanol–water partition coefficient (Wildman–Crippen LogP) is 3.74. The summed E-state index contributed by atoms with van der Waals surface area (Å²) in [6.45, 7) is 0.851. The molecule has 1 fully saturated rings. The lowest BCUT2D eigenvalue weighted by Gasteiger charge is -2.18. The van der Waals surface area contributed by atoms with Crippen molar-refractivity contribution in [2.24, 2.45) is 13.0 Å². The first-order valence-corrected chi connectivity index (χ1v) is 10.2. The van der Waals surface area contributed by atoms with Crippen molar-refractivity contribution in [1.82, 2.24) is 14.1 Å². The number of fused-ring (bicyclic) bond motifs is 1. The number of nitrogens with zero attached hydrogens (tertiary/aromatic N) is 3. The number of alkyl halides is 3. The average Bonchev–Trinajstić information content (AvgIpc) is 3.57. The van der Waals surface area contributed by atoms with Gasteiger partial charge < -0.3 is 24.5 Å². The molecule has 4 rings (SSSR count). The molecule has 0 aliphatic heterocycles. The second-order valence-corrected chi connectivity index (χ2v) is 8.05. The second kappa shape index (κ2) is 8.50. The Labute approximate surface area is 195 Å². The molecule has 1 atom stereocenters. The molecular weight excluding hydrogens is 455 g/mol. The smallest absolute Gasteiger partial charge is 0.408 e. The first-order chi connectivity index (χ1) is 17.2. The molecule has 0 bridgehead atoms. The Morgan fingerprint density at radius 3 is 2.71 bits per heavy atom. The standard InChI is InChI=1S/C22H22F3N5O4/c1-11(22(23,24)25)30-7-6-16-18(20(30)32)15(10-29(16)2)27-14-8-17(28-19(31)12-4-5-12)26-9-13(14)21(33)34-3/h6-12H,4-5H2,1-3H3,(H2,26,27,28,31)/t11-/m1/s1/i3D3. The van der Waals surface area contributed by atoms with E-state index < -0.39 is 30.8 Å². The average molecular weight is 480 g/mol. The molecule has 34 heavy (non-hydrogen) atoms. The molecule has 9 nitrogen and oxygen atoms in total. The van der Waals surface area contributed by atoms with Crippen molar-refractivity contribution in [3.05, 3.63) is 46.6 Å². The molecule has 3 aromatic rings. The van der Waals surface area contributed by atoms with Crippen LogP contribution in [-0.2, 0) is 16.6 Å². The third kappa shape index (κ3) is 4.35. The number of aryl methyl sites for hydroxylation is 1. The van der Waals surface area contributed by atoms with Crippen molar-refractivity contribution in [3.8, 4) is 0 Å². The molecule has 0 saturated heterocycles. The Morgan fingerprint density at radius 2 is 2.06 bits per heavy atom. The third-order valence-electron chi connectivity index (χ3n) is 5.65. The number of aromatic nitrogens is 3. The first kappa shape index (κ1) is 19.6. The van der Waals surface area contributed by atoms with E-state index in [-0.39, 0.29) is 40.0 Å². The predicted molar refractivity (Wildman–Crippen MR) is 118 cm³/mol. The van der Waals surface area contributed by atoms with E-state index in [9.17, 15) is 27.6 Å². The number of methoxy groups -OCH3 is 1. The van der Waals surface area contributed by atoms with Crippen LogP contribution in [0.15, 0.2) is 35.5 Å². The maximum absolute atomic E-state index is 13.3. The second-order valence-electron chi connectivity index (χ2n) is 8.05. The van der Waals surface area contributed by atoms with Crippen LogP contribution < -0.4 is 16.2 Å². The van der Waals surface area contributed by atoms with Crippen molar-refractivity contribution < 1.29 is 31.6 Å². The maximum Gasteiger partial charge on any atom is 0.408 e. The summed E-state index contributed by atoms with van der Waals surface area (Å²) in [5.41, 5.74) is -1.01. The minimum Gasteiger partial charge on any atom is -0.465 e. The summed E-state index contributed by atoms with van der Waals surface area (Å²) in [6, 6.07) is 0.490. The number of amides is 1. The van der Waals surface area contributed by atoms with Crippen LogP contribution in [0.3, 0.4) is 0 Å². The van der Waals surface area contributed by atoms with E-state index in [0.29, 0.717) is 10.1 Å². The molecule has 1 aliphatic carbocycles. The van der Waals surface area contributed by atoms with Gasteiger partial charge >= 0.3 is 12.1 Å². The summed E-state index contributed by atoms with van der Waals surface area (Å²) >= 11 is 0. The molecule has 0 spiro atoms. The van der Waals surface area contributed by atoms with Crippen molar-refractivity contribution >= 4 is 40.0 Å². The highest BCUT2D eigenvalue weighted by atomic mass is 19.4. The summed E-state index contributed by atoms with van der Waals surface area (Å²) in [5, 5.41) is 5.31. The van der Waals surface area contributed by atoms with E-state index in [2.05, 4.69) is 20.4 Å². The van der Waals surface area contributed by atoms with Gasteiger partial charge in [0, 0.05) is 37.6 Å². The molecule has 0 aromatic carbocycles. The van der Waals surface area contributed by atoms with Gasteiger partial charge in [-0.2, -0.15) is 13.2 Å². The van der Waals surface area contributed by atoms with Crippen LogP contribution in [0.5, 0.6) is 0 Å². The molecule has 0 radical (unpaired) electrons. The van der Waals surface area contributed by atoms with E-state index in [4.69, 9.17) is 4.11 Å². The van der Waals surface area contributed by atoms with E-state index in [1.54, 1.807) is 7.05 Å². The highest BCUT2D eigenvalue weighted by Crippen LogP contribution is 2.33. The van der Waals surface area contributed by atoms with Crippen molar-refractivity contribution in [3.63, 3.8) is 0 Å². The van der Waals surface area contributed by atoms with Crippen LogP contribution in [0, 0.1) is 5.92 Å². The Balaban J connectivity index is 1.80. The fourth-order valence-corrected chi connectivity index (χ4v) is 3.54. The van der Waals surface area contributed by atoms with Gasteiger partial charge in [-0.25, -0.2) is 9.78 Å². The maximum atomic E-state index is 13.3. The number of carbonyl (C=O) groups excluding carboxylic acids is 2. The molecule has 12 heteroatoms. The number of esters is 1. The molecule has 180 valence electrons. The molecule has 1 amide bonds. The zero-order valence-electron chi connectivity index (χ0n) is 21.1. The lowest BCUT2D eigenvalue weighted by molar-refractivity contribution is -0.163. The fourth-order valence-electron chi connectivity index (χ4n) is 3.54. The van der Waals surface area contributed by atoms with E-state index in [0.717, 1.165) is 32.2 Å². The number of halogens is 3. The number of hydrogen-bond donors (Lipinski definition) is 2. The molecule has 1 aliphatic rings. The van der Waals surface area contributed by atoms with Gasteiger partial charge in [-0.1, -0.05) is 0 Å². The Bertz CT molecular complexity index is 1440. The molecule has 2 N–H and O–H groups in total. The van der Waals surface area contributed by atoms with E-state index in [1.165, 1.54) is 22.9 Å². The number of carbonyl (C=O) groups is 2. The van der Waals surface area contributed by atoms with Crippen molar-refractivity contribution in [1.29, 1.82) is 0 Å². The summed E-state index contributed by atoms with van der Waals surface area (Å²) < 4.78 is 68.1. The monoisotopic (exact) mass is 480 g/mol. The largest absolute Gasteiger partial charge is 0.465 e. The summed E-state index contributed by atoms with van der Waals surface area (Å²) in [6.07, 6.45) is 0.233. The lowest BCUT2D eigenvalue weighted by Crippen LogP contribution is -2.32. The zero-order chi connectivity index (χ0) is 27.3. The quantitative estimate of drug-likeness (QED) is 0.521. The van der Waals surface area contributed by atoms with Gasteiger partial charge in [0.1, 0.15) is 17.4 Å². The normalized spacial score (nSPS) is 16.3. The van der Waals surface area contributed by atoms with Gasteiger partial charge in [-0.05, 0) is 25.8 Å². The number of anilines is 3. The molecule has 0 unspecified atom stereocenters. The lowest BCUT2D eigenvalue weighted by atomic mass is 10.2. The zero-order valence-corrected chi connectivity index (χ0v) is 18.1. The summed E-state index contributed by atoms with van der Waals surface area (Å²) in [5.74, 6) is -1.68. The summed E-state index contributed by atoms with van der Waals surface area (Å²) in [7, 11) is -1.49. The number of ether oxygens (including phenoxy) is 1. The number of hydrogen-bond acceptors (Lipinski definition) is 6. The van der Waals surface area contributed by atoms with Gasteiger partial charge in [-0.15, -0.1) is 0 Å². The molecular formula is C22H22F3N5O4. The Morgan fingerprint density at radius 1 is 1.32 bits per heavy atom. The molecule has 3 aromatic heterocycles. The number of rotatable bonds is 6. The topological polar surface area (TPSA) is 107 Å². The Hall–Kier alpha value is -3.83. The highest BCUT2D eigenvalue weighted by molar-refractivity contribution is 6.01. The van der Waals surface area contributed by atoms with E-state index >= 15 is 0 Å². The van der Waals surface area contributed by atoms with Crippen molar-refractivity contribution in [2.45, 2.75) is 32.0 Å². The molecule has 1 saturated carbocycles. The van der Waals surface area contributed by atoms with Crippen LogP contribution in [0.1, 0.15) is 40.3 Å². The molecule has 3 heterocycles. The number of pyridine rings is 2. The SMILES string of the molecule is [2H]C([2H])([2H])OC(=O)c1cnc(NC(=O)C2CC2)cc1Nc1cn(C)c2ccn([C@H](C)C(F)(F)F)c(=O)c12. The first-order valence-electron chi connectivity index (χ1n) is 11.7. The van der Waals surface area contributed by atoms with Gasteiger partial charge in [0.25, 0.3) is 5.56 Å². The van der Waals surface area contributed by atoms with Crippen LogP contribution in [-0.4, -0.2) is 39.2 Å². The van der Waals surface area contributed by atoms with Crippen LogP contribution in [0.2, 0.25) is 0 Å². The van der Waals surface area contributed by atoms with Crippen LogP contribution >= 0.6 is 0 Å². The number of nitrogens with one attached hydrogen (secondary N) is 2. The minimum atomic E-state index is -4.67. The summed E-state index contributed by atoms with van der Waals surface area (Å²) in [4.78, 5) is 41.8. The van der Waals surface area contributed by atoms with Gasteiger partial charge in [0.2, 0.25) is 5.91 Å². The van der Waals surface area contributed by atoms with Gasteiger partial charge in [0.15, 0.2) is 0 Å². The van der Waals surface area contributed by atoms with Crippen molar-refractivity contribution in [2.75, 3.05) is 17.7 Å². The van der Waals surface area contributed by atoms with Crippen LogP contribution in [0.4, 0.5) is 30.4 Å². The van der Waals surface area contributed by atoms with E-state index in [1.807, 2.05) is 0 Å². The third-order valence-corrected chi connectivity index (χ3v) is 5.65. The van der Waals surface area contributed by atoms with Gasteiger partial charge in [0.05, 0.1) is 33.4 Å². The fraction of sp³-hybridized carbons (Fsp3) is 0.364. The minimum absolute atomic E-state index is 0.0353. The van der Waals surface area contributed by atoms with Gasteiger partial charge in [-0.3, -0.25) is 9.59 Å². The van der Waals surface area contributed by atoms with Crippen LogP contribution in [0.25, 0.3) is 10.9 Å². The highest BCUT2D eigenvalue weighted by Gasteiger charge is 2.38. The Kier molecular flexibility index (Phi) is 4.91.